The van der Waals surface area contributed by atoms with Gasteiger partial charge in [-0.3, -0.25) is 4.79 Å². The fraction of sp³-hybridized carbons (Fsp3) is 0.533. The lowest BCUT2D eigenvalue weighted by atomic mass is 10.1. The average molecular weight is 314 g/mol. The molecule has 0 spiro atoms. The standard InChI is InChI=1S/C15H23N3O2.ClH/c1-16-11-15(19)17(2)12-13-5-3-4-6-14(13)18-7-9-20-10-8-18;/h3-6,16H,7-12H2,1-2H3;1H. The molecule has 1 N–H and O–H groups in total. The van der Waals surface area contributed by atoms with Crippen LogP contribution in [-0.4, -0.2) is 57.8 Å². The van der Waals surface area contributed by atoms with Crippen LogP contribution in [0.25, 0.3) is 0 Å². The monoisotopic (exact) mass is 313 g/mol. The van der Waals surface area contributed by atoms with Gasteiger partial charge in [0.05, 0.1) is 19.8 Å². The smallest absolute Gasteiger partial charge is 0.236 e. The topological polar surface area (TPSA) is 44.8 Å². The largest absolute Gasteiger partial charge is 0.378 e. The number of para-hydroxylation sites is 1. The Morgan fingerprint density at radius 3 is 2.67 bits per heavy atom. The van der Waals surface area contributed by atoms with Gasteiger partial charge < -0.3 is 19.9 Å². The highest BCUT2D eigenvalue weighted by Crippen LogP contribution is 2.22. The third kappa shape index (κ3) is 4.88. The number of hydrogen-bond acceptors (Lipinski definition) is 4. The first kappa shape index (κ1) is 17.8. The summed E-state index contributed by atoms with van der Waals surface area (Å²) < 4.78 is 5.40. The molecule has 118 valence electrons. The van der Waals surface area contributed by atoms with Gasteiger partial charge in [0.15, 0.2) is 0 Å². The molecule has 1 saturated heterocycles. The van der Waals surface area contributed by atoms with Crippen molar-refractivity contribution in [2.75, 3.05) is 51.8 Å². The van der Waals surface area contributed by atoms with E-state index in [2.05, 4.69) is 22.3 Å². The summed E-state index contributed by atoms with van der Waals surface area (Å²) in [5, 5.41) is 2.89. The summed E-state index contributed by atoms with van der Waals surface area (Å²) in [6, 6.07) is 8.28. The molecule has 1 aliphatic heterocycles. The van der Waals surface area contributed by atoms with Crippen molar-refractivity contribution in [3.63, 3.8) is 0 Å². The molecule has 0 bridgehead atoms. The molecule has 1 fully saturated rings. The molecular formula is C15H24ClN3O2. The molecule has 1 aromatic carbocycles. The fourth-order valence-corrected chi connectivity index (χ4v) is 2.39. The molecule has 2 rings (SSSR count). The first-order valence-electron chi connectivity index (χ1n) is 7.01. The molecule has 0 saturated carbocycles. The molecule has 1 heterocycles. The Hall–Kier alpha value is -1.30. The van der Waals surface area contributed by atoms with Gasteiger partial charge in [-0.15, -0.1) is 12.4 Å². The summed E-state index contributed by atoms with van der Waals surface area (Å²) in [4.78, 5) is 16.0. The maximum Gasteiger partial charge on any atom is 0.236 e. The minimum absolute atomic E-state index is 0. The van der Waals surface area contributed by atoms with Crippen LogP contribution in [0.5, 0.6) is 0 Å². The molecule has 0 atom stereocenters. The molecule has 1 aromatic rings. The van der Waals surface area contributed by atoms with E-state index in [0.717, 1.165) is 26.3 Å². The van der Waals surface area contributed by atoms with Crippen molar-refractivity contribution < 1.29 is 9.53 Å². The summed E-state index contributed by atoms with van der Waals surface area (Å²) in [7, 11) is 3.63. The Bertz CT molecular complexity index is 450. The van der Waals surface area contributed by atoms with Crippen LogP contribution in [0.1, 0.15) is 5.56 Å². The average Bonchev–Trinajstić information content (AvgIpc) is 2.49. The van der Waals surface area contributed by atoms with Crippen LogP contribution in [0.4, 0.5) is 5.69 Å². The molecule has 0 unspecified atom stereocenters. The van der Waals surface area contributed by atoms with Crippen molar-refractivity contribution in [1.82, 2.24) is 10.2 Å². The highest BCUT2D eigenvalue weighted by atomic mass is 35.5. The second-order valence-corrected chi connectivity index (χ2v) is 5.01. The zero-order valence-electron chi connectivity index (χ0n) is 12.7. The van der Waals surface area contributed by atoms with E-state index >= 15 is 0 Å². The SMILES string of the molecule is CNCC(=O)N(C)Cc1ccccc1N1CCOCC1.Cl. The molecule has 0 aliphatic carbocycles. The number of nitrogens with one attached hydrogen (secondary N) is 1. The number of halogens is 1. The predicted molar refractivity (Wildman–Crippen MR) is 87.1 cm³/mol. The molecule has 6 heteroatoms. The number of morpholine rings is 1. The molecule has 21 heavy (non-hydrogen) atoms. The Kier molecular flexibility index (Phi) is 7.50. The molecular weight excluding hydrogens is 290 g/mol. The van der Waals surface area contributed by atoms with Crippen molar-refractivity contribution in [3.8, 4) is 0 Å². The number of hydrogen-bond donors (Lipinski definition) is 1. The zero-order chi connectivity index (χ0) is 14.4. The summed E-state index contributed by atoms with van der Waals surface area (Å²) in [6.07, 6.45) is 0. The number of benzene rings is 1. The van der Waals surface area contributed by atoms with Gasteiger partial charge in [0.2, 0.25) is 5.91 Å². The van der Waals surface area contributed by atoms with Gasteiger partial charge in [-0.2, -0.15) is 0 Å². The number of amides is 1. The van der Waals surface area contributed by atoms with E-state index in [-0.39, 0.29) is 18.3 Å². The van der Waals surface area contributed by atoms with E-state index in [1.165, 1.54) is 11.3 Å². The highest BCUT2D eigenvalue weighted by molar-refractivity contribution is 5.85. The van der Waals surface area contributed by atoms with E-state index in [9.17, 15) is 4.79 Å². The van der Waals surface area contributed by atoms with Crippen LogP contribution >= 0.6 is 12.4 Å². The normalized spacial score (nSPS) is 14.5. The lowest BCUT2D eigenvalue weighted by Gasteiger charge is -2.31. The zero-order valence-corrected chi connectivity index (χ0v) is 13.5. The maximum absolute atomic E-state index is 11.9. The van der Waals surface area contributed by atoms with Gasteiger partial charge >= 0.3 is 0 Å². The predicted octanol–water partition coefficient (Wildman–Crippen LogP) is 1.12. The second-order valence-electron chi connectivity index (χ2n) is 5.01. The third-order valence-corrected chi connectivity index (χ3v) is 3.50. The van der Waals surface area contributed by atoms with Crippen molar-refractivity contribution in [3.05, 3.63) is 29.8 Å². The van der Waals surface area contributed by atoms with Crippen molar-refractivity contribution in [1.29, 1.82) is 0 Å². The Morgan fingerprint density at radius 1 is 1.33 bits per heavy atom. The molecule has 0 aromatic heterocycles. The first-order chi connectivity index (χ1) is 9.72. The van der Waals surface area contributed by atoms with Crippen LogP contribution in [0.15, 0.2) is 24.3 Å². The van der Waals surface area contributed by atoms with Crippen molar-refractivity contribution in [2.24, 2.45) is 0 Å². The van der Waals surface area contributed by atoms with Gasteiger partial charge in [0.25, 0.3) is 0 Å². The number of likely N-dealkylation sites (N-methyl/N-ethyl adjacent to an activating group) is 2. The summed E-state index contributed by atoms with van der Waals surface area (Å²) in [5.41, 5.74) is 2.39. The third-order valence-electron chi connectivity index (χ3n) is 3.50. The van der Waals surface area contributed by atoms with Gasteiger partial charge in [0.1, 0.15) is 0 Å². The van der Waals surface area contributed by atoms with Gasteiger partial charge in [0, 0.05) is 32.4 Å². The minimum atomic E-state index is 0. The molecule has 0 radical (unpaired) electrons. The number of anilines is 1. The maximum atomic E-state index is 11.9. The van der Waals surface area contributed by atoms with Gasteiger partial charge in [-0.25, -0.2) is 0 Å². The van der Waals surface area contributed by atoms with Gasteiger partial charge in [-0.05, 0) is 18.7 Å². The highest BCUT2D eigenvalue weighted by Gasteiger charge is 2.16. The summed E-state index contributed by atoms with van der Waals surface area (Å²) in [6.45, 7) is 4.35. The van der Waals surface area contributed by atoms with Crippen molar-refractivity contribution in [2.45, 2.75) is 6.54 Å². The lowest BCUT2D eigenvalue weighted by Crippen LogP contribution is -2.38. The fourth-order valence-electron chi connectivity index (χ4n) is 2.39. The van der Waals surface area contributed by atoms with E-state index in [1.54, 1.807) is 11.9 Å². The van der Waals surface area contributed by atoms with Crippen molar-refractivity contribution >= 4 is 24.0 Å². The van der Waals surface area contributed by atoms with Crippen LogP contribution in [0.3, 0.4) is 0 Å². The second kappa shape index (κ2) is 8.87. The van der Waals surface area contributed by atoms with E-state index in [0.29, 0.717) is 13.1 Å². The van der Waals surface area contributed by atoms with E-state index in [4.69, 9.17) is 4.74 Å². The Labute approximate surface area is 132 Å². The van der Waals surface area contributed by atoms with Crippen LogP contribution in [0.2, 0.25) is 0 Å². The lowest BCUT2D eigenvalue weighted by molar-refractivity contribution is -0.129. The minimum Gasteiger partial charge on any atom is -0.378 e. The van der Waals surface area contributed by atoms with Gasteiger partial charge in [-0.1, -0.05) is 18.2 Å². The number of rotatable bonds is 5. The number of ether oxygens (including phenoxy) is 1. The summed E-state index contributed by atoms with van der Waals surface area (Å²) >= 11 is 0. The molecule has 1 amide bonds. The number of carbonyl (C=O) groups excluding carboxylic acids is 1. The molecule has 5 nitrogen and oxygen atoms in total. The van der Waals surface area contributed by atoms with E-state index < -0.39 is 0 Å². The van der Waals surface area contributed by atoms with Crippen LogP contribution < -0.4 is 10.2 Å². The summed E-state index contributed by atoms with van der Waals surface area (Å²) in [5.74, 6) is 0.101. The Morgan fingerprint density at radius 2 is 2.00 bits per heavy atom. The number of nitrogens with zero attached hydrogens (tertiary/aromatic N) is 2. The quantitative estimate of drug-likeness (QED) is 0.885. The van der Waals surface area contributed by atoms with Crippen LogP contribution in [0, 0.1) is 0 Å². The Balaban J connectivity index is 0.00000220. The first-order valence-corrected chi connectivity index (χ1v) is 7.01. The molecule has 1 aliphatic rings. The number of carbonyl (C=O) groups is 1. The van der Waals surface area contributed by atoms with Crippen LogP contribution in [-0.2, 0) is 16.1 Å². The van der Waals surface area contributed by atoms with E-state index in [1.807, 2.05) is 19.2 Å².